The monoisotopic (exact) mass is 468 g/mol. The van der Waals surface area contributed by atoms with Crippen molar-refractivity contribution in [1.82, 2.24) is 16.1 Å². The largest absolute Gasteiger partial charge is 0.493 e. The van der Waals surface area contributed by atoms with E-state index in [4.69, 9.17) is 14.2 Å². The number of nitrogens with one attached hydrogen (secondary N) is 3. The quantitative estimate of drug-likeness (QED) is 0.273. The molecule has 1 fully saturated rings. The van der Waals surface area contributed by atoms with Crippen molar-refractivity contribution < 1.29 is 28.6 Å². The lowest BCUT2D eigenvalue weighted by Crippen LogP contribution is -2.41. The highest BCUT2D eigenvalue weighted by molar-refractivity contribution is 6.35. The highest BCUT2D eigenvalue weighted by Gasteiger charge is 2.19. The van der Waals surface area contributed by atoms with E-state index in [0.717, 1.165) is 18.4 Å². The van der Waals surface area contributed by atoms with Crippen molar-refractivity contribution in [3.05, 3.63) is 59.7 Å². The number of amides is 3. The summed E-state index contributed by atoms with van der Waals surface area (Å²) in [6.45, 7) is 1.07. The predicted octanol–water partition coefficient (Wildman–Crippen LogP) is 1.14. The van der Waals surface area contributed by atoms with Crippen LogP contribution in [-0.2, 0) is 25.7 Å². The van der Waals surface area contributed by atoms with Gasteiger partial charge in [-0.3, -0.25) is 14.4 Å². The van der Waals surface area contributed by atoms with Crippen LogP contribution in [0, 0.1) is 0 Å². The van der Waals surface area contributed by atoms with E-state index in [2.05, 4.69) is 21.2 Å². The first-order valence-electron chi connectivity index (χ1n) is 10.9. The van der Waals surface area contributed by atoms with Gasteiger partial charge in [0, 0.05) is 25.3 Å². The van der Waals surface area contributed by atoms with Gasteiger partial charge >= 0.3 is 11.8 Å². The molecule has 34 heavy (non-hydrogen) atoms. The molecule has 1 aliphatic heterocycles. The van der Waals surface area contributed by atoms with Gasteiger partial charge in [-0.2, -0.15) is 5.10 Å². The van der Waals surface area contributed by atoms with E-state index in [9.17, 15) is 14.4 Å². The highest BCUT2D eigenvalue weighted by atomic mass is 16.5. The fraction of sp³-hybridized carbons (Fsp3) is 0.333. The zero-order valence-corrected chi connectivity index (χ0v) is 18.9. The van der Waals surface area contributed by atoms with E-state index in [1.165, 1.54) is 13.3 Å². The molecule has 2 aromatic rings. The Morgan fingerprint density at radius 2 is 1.91 bits per heavy atom. The van der Waals surface area contributed by atoms with Crippen LogP contribution >= 0.6 is 0 Å². The second-order valence-corrected chi connectivity index (χ2v) is 7.47. The summed E-state index contributed by atoms with van der Waals surface area (Å²) in [7, 11) is 1.47. The van der Waals surface area contributed by atoms with Crippen LogP contribution < -0.4 is 25.5 Å². The molecule has 0 unspecified atom stereocenters. The molecule has 1 aliphatic rings. The lowest BCUT2D eigenvalue weighted by atomic mass is 10.2. The lowest BCUT2D eigenvalue weighted by molar-refractivity contribution is -0.139. The molecule has 2 aromatic carbocycles. The van der Waals surface area contributed by atoms with Crippen LogP contribution in [0.2, 0.25) is 0 Å². The van der Waals surface area contributed by atoms with E-state index in [1.54, 1.807) is 18.2 Å². The minimum Gasteiger partial charge on any atom is -0.493 e. The van der Waals surface area contributed by atoms with Crippen molar-refractivity contribution in [3.63, 3.8) is 0 Å². The molecule has 0 spiro atoms. The number of hydrogen-bond acceptors (Lipinski definition) is 7. The van der Waals surface area contributed by atoms with Gasteiger partial charge in [0.25, 0.3) is 5.91 Å². The van der Waals surface area contributed by atoms with E-state index in [0.29, 0.717) is 24.5 Å². The van der Waals surface area contributed by atoms with E-state index >= 15 is 0 Å². The predicted molar refractivity (Wildman–Crippen MR) is 124 cm³/mol. The SMILES string of the molecule is COc1cccc(/C=N\NC(=O)C(=O)NC[C@H]2CCCO2)c1OCC(=O)NCc1ccccc1. The second kappa shape index (κ2) is 12.9. The maximum atomic E-state index is 12.2. The molecule has 3 rings (SSSR count). The van der Waals surface area contributed by atoms with Crippen LogP contribution in [0.5, 0.6) is 11.5 Å². The van der Waals surface area contributed by atoms with E-state index < -0.39 is 11.8 Å². The van der Waals surface area contributed by atoms with Gasteiger partial charge in [-0.25, -0.2) is 5.43 Å². The molecule has 3 N–H and O–H groups in total. The van der Waals surface area contributed by atoms with Gasteiger partial charge in [0.15, 0.2) is 18.1 Å². The first-order chi connectivity index (χ1) is 16.6. The summed E-state index contributed by atoms with van der Waals surface area (Å²) >= 11 is 0. The van der Waals surface area contributed by atoms with E-state index in [1.807, 2.05) is 30.3 Å². The van der Waals surface area contributed by atoms with Crippen molar-refractivity contribution in [2.45, 2.75) is 25.5 Å². The lowest BCUT2D eigenvalue weighted by Gasteiger charge is -2.13. The molecule has 10 nitrogen and oxygen atoms in total. The number of hydrazone groups is 1. The zero-order chi connectivity index (χ0) is 24.2. The van der Waals surface area contributed by atoms with Gasteiger partial charge in [-0.15, -0.1) is 0 Å². The number of carbonyl (C=O) groups is 3. The zero-order valence-electron chi connectivity index (χ0n) is 18.9. The summed E-state index contributed by atoms with van der Waals surface area (Å²) in [6.07, 6.45) is 3.03. The smallest absolute Gasteiger partial charge is 0.329 e. The van der Waals surface area contributed by atoms with Crippen LogP contribution in [0.3, 0.4) is 0 Å². The standard InChI is InChI=1S/C24H28N4O6/c1-32-20-11-5-9-18(14-27-28-24(31)23(30)26-15-19-10-6-12-33-19)22(20)34-16-21(29)25-13-17-7-3-2-4-8-17/h2-5,7-9,11,14,19H,6,10,12-13,15-16H2,1H3,(H,25,29)(H,26,30)(H,28,31)/b27-14-/t19-/m1/s1. The van der Waals surface area contributed by atoms with Crippen molar-refractivity contribution in [2.75, 3.05) is 26.9 Å². The number of para-hydroxylation sites is 1. The Labute approximate surface area is 197 Å². The van der Waals surface area contributed by atoms with Gasteiger partial charge in [0.2, 0.25) is 0 Å². The Balaban J connectivity index is 1.52. The topological polar surface area (TPSA) is 127 Å². The Kier molecular flexibility index (Phi) is 9.41. The number of nitrogens with zero attached hydrogens (tertiary/aromatic N) is 1. The Morgan fingerprint density at radius 3 is 2.65 bits per heavy atom. The molecule has 1 heterocycles. The molecule has 180 valence electrons. The fourth-order valence-electron chi connectivity index (χ4n) is 3.24. The number of ether oxygens (including phenoxy) is 3. The summed E-state index contributed by atoms with van der Waals surface area (Å²) in [4.78, 5) is 36.1. The van der Waals surface area contributed by atoms with Crippen molar-refractivity contribution in [1.29, 1.82) is 0 Å². The maximum absolute atomic E-state index is 12.2. The first kappa shape index (κ1) is 24.7. The molecule has 10 heteroatoms. The molecule has 0 aliphatic carbocycles. The number of carbonyl (C=O) groups excluding carboxylic acids is 3. The van der Waals surface area contributed by atoms with Crippen molar-refractivity contribution >= 4 is 23.9 Å². The van der Waals surface area contributed by atoms with Crippen LogP contribution in [0.25, 0.3) is 0 Å². The summed E-state index contributed by atoms with van der Waals surface area (Å²) in [5.41, 5.74) is 3.60. The van der Waals surface area contributed by atoms with E-state index in [-0.39, 0.29) is 30.9 Å². The average molecular weight is 469 g/mol. The molecule has 1 atom stereocenters. The van der Waals surface area contributed by atoms with Crippen molar-refractivity contribution in [2.24, 2.45) is 5.10 Å². The molecule has 0 radical (unpaired) electrons. The number of methoxy groups -OCH3 is 1. The van der Waals surface area contributed by atoms with Gasteiger partial charge in [-0.1, -0.05) is 36.4 Å². The number of benzene rings is 2. The highest BCUT2D eigenvalue weighted by Crippen LogP contribution is 2.30. The summed E-state index contributed by atoms with van der Waals surface area (Å²) < 4.78 is 16.4. The van der Waals surface area contributed by atoms with Crippen LogP contribution in [0.4, 0.5) is 0 Å². The minimum absolute atomic E-state index is 0.0679. The first-order valence-corrected chi connectivity index (χ1v) is 10.9. The van der Waals surface area contributed by atoms with Crippen LogP contribution in [0.1, 0.15) is 24.0 Å². The summed E-state index contributed by atoms with van der Waals surface area (Å²) in [6, 6.07) is 14.6. The normalized spacial score (nSPS) is 15.0. The fourth-order valence-corrected chi connectivity index (χ4v) is 3.24. The average Bonchev–Trinajstić information content (AvgIpc) is 3.39. The summed E-state index contributed by atoms with van der Waals surface area (Å²) in [5, 5.41) is 9.13. The third-order valence-corrected chi connectivity index (χ3v) is 5.00. The molecular weight excluding hydrogens is 440 g/mol. The molecule has 1 saturated heterocycles. The van der Waals surface area contributed by atoms with Gasteiger partial charge < -0.3 is 24.8 Å². The summed E-state index contributed by atoms with van der Waals surface area (Å²) in [5.74, 6) is -1.35. The maximum Gasteiger partial charge on any atom is 0.329 e. The third-order valence-electron chi connectivity index (χ3n) is 5.00. The van der Waals surface area contributed by atoms with Gasteiger partial charge in [0.1, 0.15) is 0 Å². The Morgan fingerprint density at radius 1 is 1.09 bits per heavy atom. The third kappa shape index (κ3) is 7.59. The number of hydrogen-bond donors (Lipinski definition) is 3. The Bertz CT molecular complexity index is 1010. The minimum atomic E-state index is -0.903. The molecule has 3 amide bonds. The molecule has 0 bridgehead atoms. The molecular formula is C24H28N4O6. The Hall–Kier alpha value is -3.92. The van der Waals surface area contributed by atoms with Gasteiger partial charge in [-0.05, 0) is 30.5 Å². The molecule has 0 saturated carbocycles. The van der Waals surface area contributed by atoms with Gasteiger partial charge in [0.05, 0.1) is 19.4 Å². The van der Waals surface area contributed by atoms with Crippen LogP contribution in [0.15, 0.2) is 53.6 Å². The molecule has 0 aromatic heterocycles. The second-order valence-electron chi connectivity index (χ2n) is 7.47. The van der Waals surface area contributed by atoms with Crippen molar-refractivity contribution in [3.8, 4) is 11.5 Å². The van der Waals surface area contributed by atoms with Crippen LogP contribution in [-0.4, -0.2) is 56.9 Å². The number of rotatable bonds is 10.